The van der Waals surface area contributed by atoms with Gasteiger partial charge in [0.05, 0.1) is 6.04 Å². The molecule has 1 aromatic carbocycles. The molecule has 0 spiro atoms. The lowest BCUT2D eigenvalue weighted by Gasteiger charge is -2.24. The van der Waals surface area contributed by atoms with Crippen molar-refractivity contribution < 1.29 is 0 Å². The van der Waals surface area contributed by atoms with E-state index in [2.05, 4.69) is 67.8 Å². The molecule has 0 bridgehead atoms. The molecule has 114 valence electrons. The first kappa shape index (κ1) is 15.8. The van der Waals surface area contributed by atoms with E-state index in [0.717, 1.165) is 25.3 Å². The monoisotopic (exact) mass is 285 g/mol. The van der Waals surface area contributed by atoms with Crippen molar-refractivity contribution in [2.45, 2.75) is 53.6 Å². The molecule has 0 amide bonds. The van der Waals surface area contributed by atoms with Gasteiger partial charge in [-0.25, -0.2) is 4.98 Å². The molecule has 1 unspecified atom stereocenters. The van der Waals surface area contributed by atoms with Crippen LogP contribution in [0.2, 0.25) is 0 Å². The van der Waals surface area contributed by atoms with Gasteiger partial charge in [-0.05, 0) is 57.4 Å². The van der Waals surface area contributed by atoms with Crippen molar-refractivity contribution in [3.63, 3.8) is 0 Å². The first-order valence-corrected chi connectivity index (χ1v) is 7.90. The average Bonchev–Trinajstić information content (AvgIpc) is 2.89. The number of aryl methyl sites for hydroxylation is 4. The number of hydrogen-bond acceptors (Lipinski definition) is 2. The van der Waals surface area contributed by atoms with Crippen molar-refractivity contribution in [1.82, 2.24) is 14.9 Å². The lowest BCUT2D eigenvalue weighted by atomic mass is 9.93. The SMILES string of the molecule is CCCNC(c1c(C)cc(C)cc1C)c1nccn1CC. The van der Waals surface area contributed by atoms with Crippen molar-refractivity contribution in [2.75, 3.05) is 6.54 Å². The van der Waals surface area contributed by atoms with E-state index in [-0.39, 0.29) is 6.04 Å². The second kappa shape index (κ2) is 6.90. The summed E-state index contributed by atoms with van der Waals surface area (Å²) in [5, 5.41) is 3.68. The maximum atomic E-state index is 4.62. The first-order valence-electron chi connectivity index (χ1n) is 7.90. The molecule has 1 N–H and O–H groups in total. The highest BCUT2D eigenvalue weighted by Crippen LogP contribution is 2.28. The molecule has 0 aliphatic carbocycles. The van der Waals surface area contributed by atoms with Crippen LogP contribution in [0, 0.1) is 20.8 Å². The molecule has 21 heavy (non-hydrogen) atoms. The summed E-state index contributed by atoms with van der Waals surface area (Å²) >= 11 is 0. The van der Waals surface area contributed by atoms with E-state index in [1.165, 1.54) is 22.3 Å². The molecule has 2 rings (SSSR count). The topological polar surface area (TPSA) is 29.9 Å². The number of rotatable bonds is 6. The van der Waals surface area contributed by atoms with Gasteiger partial charge in [0, 0.05) is 18.9 Å². The highest BCUT2D eigenvalue weighted by molar-refractivity contribution is 5.42. The number of imidazole rings is 1. The molecule has 0 aliphatic heterocycles. The van der Waals surface area contributed by atoms with E-state index in [4.69, 9.17) is 0 Å². The van der Waals surface area contributed by atoms with E-state index in [1.807, 2.05) is 6.20 Å². The Bertz CT molecular complexity index is 575. The molecule has 0 saturated carbocycles. The Hall–Kier alpha value is -1.61. The third kappa shape index (κ3) is 3.35. The molecular formula is C18H27N3. The number of benzene rings is 1. The van der Waals surface area contributed by atoms with Crippen LogP contribution in [0.25, 0.3) is 0 Å². The molecule has 0 radical (unpaired) electrons. The van der Waals surface area contributed by atoms with E-state index in [9.17, 15) is 0 Å². The quantitative estimate of drug-likeness (QED) is 0.872. The highest BCUT2D eigenvalue weighted by Gasteiger charge is 2.21. The second-order valence-corrected chi connectivity index (χ2v) is 5.77. The Morgan fingerprint density at radius 3 is 2.38 bits per heavy atom. The fraction of sp³-hybridized carbons (Fsp3) is 0.500. The normalized spacial score (nSPS) is 12.6. The van der Waals surface area contributed by atoms with Gasteiger partial charge in [-0.15, -0.1) is 0 Å². The van der Waals surface area contributed by atoms with Gasteiger partial charge in [-0.3, -0.25) is 0 Å². The molecule has 0 saturated heterocycles. The van der Waals surface area contributed by atoms with Crippen LogP contribution in [-0.4, -0.2) is 16.1 Å². The van der Waals surface area contributed by atoms with E-state index >= 15 is 0 Å². The minimum absolute atomic E-state index is 0.167. The van der Waals surface area contributed by atoms with Gasteiger partial charge in [0.15, 0.2) is 0 Å². The molecule has 3 nitrogen and oxygen atoms in total. The van der Waals surface area contributed by atoms with E-state index in [1.54, 1.807) is 0 Å². The predicted molar refractivity (Wildman–Crippen MR) is 88.7 cm³/mol. The van der Waals surface area contributed by atoms with E-state index in [0.29, 0.717) is 0 Å². The summed E-state index contributed by atoms with van der Waals surface area (Å²) in [6, 6.07) is 4.70. The van der Waals surface area contributed by atoms with Gasteiger partial charge in [0.1, 0.15) is 5.82 Å². The van der Waals surface area contributed by atoms with Crippen LogP contribution in [0.1, 0.15) is 54.4 Å². The Labute approximate surface area is 128 Å². The summed E-state index contributed by atoms with van der Waals surface area (Å²) in [7, 11) is 0. The first-order chi connectivity index (χ1) is 10.1. The Morgan fingerprint density at radius 2 is 1.81 bits per heavy atom. The van der Waals surface area contributed by atoms with Crippen molar-refractivity contribution in [3.05, 3.63) is 52.6 Å². The molecule has 1 heterocycles. The molecule has 1 aromatic heterocycles. The maximum absolute atomic E-state index is 4.62. The molecule has 2 aromatic rings. The Kier molecular flexibility index (Phi) is 5.18. The number of nitrogens with one attached hydrogen (secondary N) is 1. The second-order valence-electron chi connectivity index (χ2n) is 5.77. The van der Waals surface area contributed by atoms with Crippen molar-refractivity contribution >= 4 is 0 Å². The zero-order chi connectivity index (χ0) is 15.4. The Morgan fingerprint density at radius 1 is 1.14 bits per heavy atom. The lowest BCUT2D eigenvalue weighted by molar-refractivity contribution is 0.538. The third-order valence-corrected chi connectivity index (χ3v) is 3.97. The van der Waals surface area contributed by atoms with Gasteiger partial charge in [-0.1, -0.05) is 24.6 Å². The van der Waals surface area contributed by atoms with Crippen LogP contribution in [0.4, 0.5) is 0 Å². The molecule has 0 fully saturated rings. The largest absolute Gasteiger partial charge is 0.334 e. The number of nitrogens with zero attached hydrogens (tertiary/aromatic N) is 2. The van der Waals surface area contributed by atoms with Crippen LogP contribution in [0.15, 0.2) is 24.5 Å². The molecule has 0 aliphatic rings. The Balaban J connectivity index is 2.51. The van der Waals surface area contributed by atoms with Crippen LogP contribution >= 0.6 is 0 Å². The summed E-state index contributed by atoms with van der Waals surface area (Å²) in [4.78, 5) is 4.62. The zero-order valence-corrected chi connectivity index (χ0v) is 13.9. The maximum Gasteiger partial charge on any atom is 0.130 e. The smallest absolute Gasteiger partial charge is 0.130 e. The van der Waals surface area contributed by atoms with Crippen LogP contribution in [0.5, 0.6) is 0 Å². The highest BCUT2D eigenvalue weighted by atomic mass is 15.1. The van der Waals surface area contributed by atoms with Gasteiger partial charge < -0.3 is 9.88 Å². The fourth-order valence-electron chi connectivity index (χ4n) is 3.11. The number of hydrogen-bond donors (Lipinski definition) is 1. The standard InChI is InChI=1S/C18H27N3/c1-6-8-19-17(18-20-9-10-21(18)7-2)16-14(4)11-13(3)12-15(16)5/h9-12,17,19H,6-8H2,1-5H3. The zero-order valence-electron chi connectivity index (χ0n) is 13.9. The van der Waals surface area contributed by atoms with Crippen LogP contribution in [0.3, 0.4) is 0 Å². The van der Waals surface area contributed by atoms with E-state index < -0.39 is 0 Å². The minimum atomic E-state index is 0.167. The van der Waals surface area contributed by atoms with Crippen LogP contribution < -0.4 is 5.32 Å². The average molecular weight is 285 g/mol. The summed E-state index contributed by atoms with van der Waals surface area (Å²) in [5.74, 6) is 1.11. The van der Waals surface area contributed by atoms with Gasteiger partial charge in [-0.2, -0.15) is 0 Å². The molecule has 1 atom stereocenters. The minimum Gasteiger partial charge on any atom is -0.334 e. The third-order valence-electron chi connectivity index (χ3n) is 3.97. The molecule has 3 heteroatoms. The fourth-order valence-corrected chi connectivity index (χ4v) is 3.11. The van der Waals surface area contributed by atoms with Gasteiger partial charge in [0.25, 0.3) is 0 Å². The van der Waals surface area contributed by atoms with Gasteiger partial charge >= 0.3 is 0 Å². The van der Waals surface area contributed by atoms with Crippen molar-refractivity contribution in [1.29, 1.82) is 0 Å². The molecular weight excluding hydrogens is 258 g/mol. The number of aromatic nitrogens is 2. The lowest BCUT2D eigenvalue weighted by Crippen LogP contribution is -2.27. The van der Waals surface area contributed by atoms with Crippen LogP contribution in [-0.2, 0) is 6.54 Å². The summed E-state index contributed by atoms with van der Waals surface area (Å²) in [6.45, 7) is 12.9. The van der Waals surface area contributed by atoms with Crippen molar-refractivity contribution in [3.8, 4) is 0 Å². The summed E-state index contributed by atoms with van der Waals surface area (Å²) < 4.78 is 2.23. The van der Waals surface area contributed by atoms with Gasteiger partial charge in [0.2, 0.25) is 0 Å². The summed E-state index contributed by atoms with van der Waals surface area (Å²) in [6.07, 6.45) is 5.08. The predicted octanol–water partition coefficient (Wildman–Crippen LogP) is 3.92. The summed E-state index contributed by atoms with van der Waals surface area (Å²) in [5.41, 5.74) is 5.37. The van der Waals surface area contributed by atoms with Crippen molar-refractivity contribution in [2.24, 2.45) is 0 Å².